The molecule has 2 heterocycles. The van der Waals surface area contributed by atoms with Crippen molar-refractivity contribution in [3.63, 3.8) is 0 Å². The topological polar surface area (TPSA) is 120 Å². The first-order chi connectivity index (χ1) is 15.0. The van der Waals surface area contributed by atoms with Gasteiger partial charge in [-0.05, 0) is 48.5 Å². The fourth-order valence-corrected chi connectivity index (χ4v) is 3.33. The van der Waals surface area contributed by atoms with Crippen molar-refractivity contribution >= 4 is 39.7 Å². The van der Waals surface area contributed by atoms with Crippen LogP contribution in [0.4, 0.5) is 10.8 Å². The number of nitrogens with zero attached hydrogens (tertiary/aromatic N) is 3. The Balaban J connectivity index is 1.34. The van der Waals surface area contributed by atoms with E-state index in [2.05, 4.69) is 15.5 Å². The number of furan rings is 1. The summed E-state index contributed by atoms with van der Waals surface area (Å²) < 4.78 is 11.1. The number of aromatic nitrogens is 2. The van der Waals surface area contributed by atoms with Gasteiger partial charge in [-0.3, -0.25) is 20.2 Å². The van der Waals surface area contributed by atoms with Gasteiger partial charge < -0.3 is 9.15 Å². The van der Waals surface area contributed by atoms with Crippen molar-refractivity contribution in [2.45, 2.75) is 6.61 Å². The van der Waals surface area contributed by atoms with E-state index in [1.165, 1.54) is 24.3 Å². The molecule has 2 aromatic carbocycles. The Hall–Kier alpha value is -3.76. The van der Waals surface area contributed by atoms with Gasteiger partial charge in [0.05, 0.1) is 4.92 Å². The van der Waals surface area contributed by atoms with Crippen LogP contribution in [-0.4, -0.2) is 21.0 Å². The van der Waals surface area contributed by atoms with Crippen molar-refractivity contribution in [2.24, 2.45) is 0 Å². The highest BCUT2D eigenvalue weighted by Gasteiger charge is 2.15. The summed E-state index contributed by atoms with van der Waals surface area (Å²) in [6.07, 6.45) is 0. The Morgan fingerprint density at radius 2 is 1.84 bits per heavy atom. The van der Waals surface area contributed by atoms with E-state index < -0.39 is 10.8 Å². The van der Waals surface area contributed by atoms with Crippen LogP contribution in [-0.2, 0) is 6.61 Å². The monoisotopic (exact) mass is 456 g/mol. The van der Waals surface area contributed by atoms with Crippen molar-refractivity contribution in [1.82, 2.24) is 10.2 Å². The highest BCUT2D eigenvalue weighted by atomic mass is 35.5. The van der Waals surface area contributed by atoms with Gasteiger partial charge in [0.15, 0.2) is 10.8 Å². The van der Waals surface area contributed by atoms with E-state index in [0.717, 1.165) is 16.9 Å². The summed E-state index contributed by atoms with van der Waals surface area (Å²) in [5.74, 6) is 0.663. The smallest absolute Gasteiger partial charge is 0.293 e. The summed E-state index contributed by atoms with van der Waals surface area (Å²) in [5.41, 5.74) is 0.774. The van der Waals surface area contributed by atoms with Crippen LogP contribution in [0.2, 0.25) is 5.02 Å². The van der Waals surface area contributed by atoms with Crippen LogP contribution in [0.3, 0.4) is 0 Å². The van der Waals surface area contributed by atoms with Crippen LogP contribution >= 0.6 is 22.9 Å². The fourth-order valence-electron chi connectivity index (χ4n) is 2.56. The van der Waals surface area contributed by atoms with Gasteiger partial charge in [-0.15, -0.1) is 10.2 Å². The molecule has 0 unspecified atom stereocenters. The van der Waals surface area contributed by atoms with Crippen LogP contribution in [0, 0.1) is 10.1 Å². The van der Waals surface area contributed by atoms with Gasteiger partial charge in [0.2, 0.25) is 5.13 Å². The predicted molar refractivity (Wildman–Crippen MR) is 114 cm³/mol. The summed E-state index contributed by atoms with van der Waals surface area (Å²) in [7, 11) is 0. The molecule has 0 aliphatic carbocycles. The molecule has 0 atom stereocenters. The molecular weight excluding hydrogens is 444 g/mol. The third kappa shape index (κ3) is 5.05. The fraction of sp³-hybridized carbons (Fsp3) is 0.0500. The lowest BCUT2D eigenvalue weighted by molar-refractivity contribution is -0.384. The zero-order chi connectivity index (χ0) is 21.8. The van der Waals surface area contributed by atoms with Gasteiger partial charge in [-0.25, -0.2) is 0 Å². The molecule has 31 heavy (non-hydrogen) atoms. The van der Waals surface area contributed by atoms with Crippen LogP contribution in [0.15, 0.2) is 65.1 Å². The van der Waals surface area contributed by atoms with E-state index in [0.29, 0.717) is 21.5 Å². The summed E-state index contributed by atoms with van der Waals surface area (Å²) in [5, 5.41) is 22.6. The molecule has 11 heteroatoms. The Morgan fingerprint density at radius 1 is 1.10 bits per heavy atom. The first-order valence-electron chi connectivity index (χ1n) is 8.85. The third-order valence-electron chi connectivity index (χ3n) is 4.06. The number of rotatable bonds is 7. The van der Waals surface area contributed by atoms with Gasteiger partial charge >= 0.3 is 0 Å². The Bertz CT molecular complexity index is 1220. The number of anilines is 1. The number of nitrogens with one attached hydrogen (secondary N) is 1. The predicted octanol–water partition coefficient (Wildman–Crippen LogP) is 5.19. The van der Waals surface area contributed by atoms with Gasteiger partial charge in [0, 0.05) is 22.7 Å². The lowest BCUT2D eigenvalue weighted by Crippen LogP contribution is -2.10. The second kappa shape index (κ2) is 8.94. The Kier molecular flexibility index (Phi) is 5.92. The third-order valence-corrected chi connectivity index (χ3v) is 5.12. The molecule has 4 rings (SSSR count). The molecule has 1 amide bonds. The number of nitro groups is 1. The standard InChI is InChI=1S/C20H13ClN4O5S/c21-13-3-1-12(2-4-13)16-9-10-17(30-16)19(26)22-20-24-23-18(31-20)11-29-15-7-5-14(6-8-15)25(27)28/h1-10H,11H2,(H,22,24,26). The molecule has 0 saturated carbocycles. The molecule has 0 spiro atoms. The zero-order valence-electron chi connectivity index (χ0n) is 15.6. The lowest BCUT2D eigenvalue weighted by atomic mass is 10.2. The van der Waals surface area contributed by atoms with E-state index in [1.54, 1.807) is 36.4 Å². The summed E-state index contributed by atoms with van der Waals surface area (Å²) in [6.45, 7) is 0.104. The number of carbonyl (C=O) groups excluding carboxylic acids is 1. The molecule has 0 aliphatic heterocycles. The Morgan fingerprint density at radius 3 is 2.55 bits per heavy atom. The van der Waals surface area contributed by atoms with Crippen molar-refractivity contribution in [1.29, 1.82) is 0 Å². The molecular formula is C20H13ClN4O5S. The molecule has 0 saturated heterocycles. The summed E-state index contributed by atoms with van der Waals surface area (Å²) >= 11 is 7.03. The maximum atomic E-state index is 12.4. The van der Waals surface area contributed by atoms with Crippen LogP contribution < -0.4 is 10.1 Å². The minimum absolute atomic E-state index is 0.0228. The molecule has 1 N–H and O–H groups in total. The number of amides is 1. The van der Waals surface area contributed by atoms with Crippen LogP contribution in [0.5, 0.6) is 5.75 Å². The molecule has 0 aliphatic rings. The van der Waals surface area contributed by atoms with Gasteiger partial charge in [-0.1, -0.05) is 22.9 Å². The Labute approximate surface area is 184 Å². The number of hydrogen-bond acceptors (Lipinski definition) is 8. The van der Waals surface area contributed by atoms with E-state index in [9.17, 15) is 14.9 Å². The van der Waals surface area contributed by atoms with Gasteiger partial charge in [-0.2, -0.15) is 0 Å². The van der Waals surface area contributed by atoms with E-state index >= 15 is 0 Å². The number of carbonyl (C=O) groups is 1. The molecule has 0 radical (unpaired) electrons. The molecule has 156 valence electrons. The number of benzene rings is 2. The number of nitro benzene ring substituents is 1. The maximum Gasteiger partial charge on any atom is 0.293 e. The van der Waals surface area contributed by atoms with Crippen molar-refractivity contribution in [2.75, 3.05) is 5.32 Å². The second-order valence-corrected chi connectivity index (χ2v) is 7.66. The molecule has 4 aromatic rings. The second-order valence-electron chi connectivity index (χ2n) is 6.17. The normalized spacial score (nSPS) is 10.6. The van der Waals surface area contributed by atoms with Gasteiger partial charge in [0.1, 0.15) is 18.1 Å². The van der Waals surface area contributed by atoms with Gasteiger partial charge in [0.25, 0.3) is 11.6 Å². The minimum atomic E-state index is -0.485. The molecule has 0 fully saturated rings. The van der Waals surface area contributed by atoms with E-state index in [-0.39, 0.29) is 23.2 Å². The zero-order valence-corrected chi connectivity index (χ0v) is 17.2. The summed E-state index contributed by atoms with van der Waals surface area (Å²) in [6, 6.07) is 16.0. The first kappa shape index (κ1) is 20.5. The minimum Gasteiger partial charge on any atom is -0.486 e. The van der Waals surface area contributed by atoms with Crippen LogP contribution in [0.25, 0.3) is 11.3 Å². The average molecular weight is 457 g/mol. The average Bonchev–Trinajstić information content (AvgIpc) is 3.43. The highest BCUT2D eigenvalue weighted by molar-refractivity contribution is 7.15. The summed E-state index contributed by atoms with van der Waals surface area (Å²) in [4.78, 5) is 22.6. The van der Waals surface area contributed by atoms with Crippen LogP contribution in [0.1, 0.15) is 15.6 Å². The lowest BCUT2D eigenvalue weighted by Gasteiger charge is -2.02. The number of non-ortho nitro benzene ring substituents is 1. The van der Waals surface area contributed by atoms with Crippen molar-refractivity contribution in [3.05, 3.63) is 86.6 Å². The number of ether oxygens (including phenoxy) is 1. The largest absolute Gasteiger partial charge is 0.486 e. The quantitative estimate of drug-likeness (QED) is 0.300. The van der Waals surface area contributed by atoms with Crippen molar-refractivity contribution < 1.29 is 18.9 Å². The van der Waals surface area contributed by atoms with E-state index in [4.69, 9.17) is 20.8 Å². The maximum absolute atomic E-state index is 12.4. The molecule has 0 bridgehead atoms. The van der Waals surface area contributed by atoms with Crippen molar-refractivity contribution in [3.8, 4) is 17.1 Å². The molecule has 2 aromatic heterocycles. The SMILES string of the molecule is O=C(Nc1nnc(COc2ccc([N+](=O)[O-])cc2)s1)c1ccc(-c2ccc(Cl)cc2)o1. The number of halogens is 1. The highest BCUT2D eigenvalue weighted by Crippen LogP contribution is 2.25. The molecule has 9 nitrogen and oxygen atoms in total. The first-order valence-corrected chi connectivity index (χ1v) is 10.0. The number of hydrogen-bond donors (Lipinski definition) is 1. The van der Waals surface area contributed by atoms with E-state index in [1.807, 2.05) is 0 Å².